The first-order chi connectivity index (χ1) is 10.8. The van der Waals surface area contributed by atoms with Gasteiger partial charge in [-0.05, 0) is 30.8 Å². The molecule has 24 heavy (non-hydrogen) atoms. The SMILES string of the molecule is Cl.Cl.N#CCc1c(F)ccc2nc(CCN)n(-c3ccccc3)c12. The highest BCUT2D eigenvalue weighted by molar-refractivity contribution is 5.85. The quantitative estimate of drug-likeness (QED) is 0.767. The zero-order chi connectivity index (χ0) is 15.5. The molecule has 3 rings (SSSR count). The van der Waals surface area contributed by atoms with E-state index in [1.165, 1.54) is 6.07 Å². The number of hydrogen-bond acceptors (Lipinski definition) is 3. The maximum Gasteiger partial charge on any atom is 0.129 e. The summed E-state index contributed by atoms with van der Waals surface area (Å²) in [6.45, 7) is 0.451. The molecule has 1 aromatic heterocycles. The molecule has 0 amide bonds. The van der Waals surface area contributed by atoms with Crippen LogP contribution in [0, 0.1) is 17.1 Å². The predicted molar refractivity (Wildman–Crippen MR) is 97.6 cm³/mol. The van der Waals surface area contributed by atoms with Gasteiger partial charge in [0.25, 0.3) is 0 Å². The third-order valence-corrected chi connectivity index (χ3v) is 3.57. The Hall–Kier alpha value is -2.13. The fraction of sp³-hybridized carbons (Fsp3) is 0.176. The molecule has 1 heterocycles. The number of nitriles is 1. The highest BCUT2D eigenvalue weighted by atomic mass is 35.5. The number of halogens is 3. The van der Waals surface area contributed by atoms with Gasteiger partial charge in [-0.1, -0.05) is 18.2 Å². The van der Waals surface area contributed by atoms with Crippen molar-refractivity contribution in [2.24, 2.45) is 5.73 Å². The minimum atomic E-state index is -0.384. The van der Waals surface area contributed by atoms with Crippen molar-refractivity contribution in [1.82, 2.24) is 9.55 Å². The van der Waals surface area contributed by atoms with Crippen LogP contribution in [-0.2, 0) is 12.8 Å². The van der Waals surface area contributed by atoms with Crippen molar-refractivity contribution in [2.75, 3.05) is 6.54 Å². The topological polar surface area (TPSA) is 67.6 Å². The van der Waals surface area contributed by atoms with E-state index in [4.69, 9.17) is 11.0 Å². The van der Waals surface area contributed by atoms with E-state index in [0.717, 1.165) is 11.5 Å². The van der Waals surface area contributed by atoms with Crippen LogP contribution in [0.1, 0.15) is 11.4 Å². The lowest BCUT2D eigenvalue weighted by atomic mass is 10.1. The second-order valence-corrected chi connectivity index (χ2v) is 4.97. The summed E-state index contributed by atoms with van der Waals surface area (Å²) in [6, 6.07) is 14.7. The second-order valence-electron chi connectivity index (χ2n) is 4.97. The number of fused-ring (bicyclic) bond motifs is 1. The van der Waals surface area contributed by atoms with Crippen LogP contribution in [0.25, 0.3) is 16.7 Å². The molecular formula is C17H17Cl2FN4. The summed E-state index contributed by atoms with van der Waals surface area (Å²) in [6.07, 6.45) is 0.584. The molecule has 7 heteroatoms. The van der Waals surface area contributed by atoms with Gasteiger partial charge in [-0.2, -0.15) is 5.26 Å². The van der Waals surface area contributed by atoms with Gasteiger partial charge in [0.2, 0.25) is 0 Å². The number of nitrogens with two attached hydrogens (primary N) is 1. The van der Waals surface area contributed by atoms with Crippen molar-refractivity contribution in [2.45, 2.75) is 12.8 Å². The van der Waals surface area contributed by atoms with Crippen LogP contribution in [0.3, 0.4) is 0 Å². The minimum Gasteiger partial charge on any atom is -0.330 e. The summed E-state index contributed by atoms with van der Waals surface area (Å²) >= 11 is 0. The van der Waals surface area contributed by atoms with Gasteiger partial charge in [-0.15, -0.1) is 24.8 Å². The van der Waals surface area contributed by atoms with Gasteiger partial charge in [0.15, 0.2) is 0 Å². The van der Waals surface area contributed by atoms with E-state index in [2.05, 4.69) is 4.98 Å². The first-order valence-electron chi connectivity index (χ1n) is 7.07. The molecule has 0 aliphatic rings. The normalized spacial score (nSPS) is 9.88. The number of aromatic nitrogens is 2. The Morgan fingerprint density at radius 3 is 2.46 bits per heavy atom. The molecule has 0 aliphatic carbocycles. The Morgan fingerprint density at radius 2 is 1.83 bits per heavy atom. The molecule has 2 aromatic carbocycles. The number of rotatable bonds is 4. The van der Waals surface area contributed by atoms with Gasteiger partial charge in [0.1, 0.15) is 11.6 Å². The van der Waals surface area contributed by atoms with Crippen molar-refractivity contribution in [3.05, 3.63) is 59.7 Å². The lowest BCUT2D eigenvalue weighted by Gasteiger charge is -2.11. The maximum absolute atomic E-state index is 14.2. The number of para-hydroxylation sites is 1. The van der Waals surface area contributed by atoms with Crippen molar-refractivity contribution in [3.8, 4) is 11.8 Å². The molecule has 0 fully saturated rings. The zero-order valence-corrected chi connectivity index (χ0v) is 14.4. The first kappa shape index (κ1) is 19.9. The van der Waals surface area contributed by atoms with Gasteiger partial charge in [0, 0.05) is 17.7 Å². The Balaban J connectivity index is 0.00000144. The molecule has 0 bridgehead atoms. The summed E-state index contributed by atoms with van der Waals surface area (Å²) in [5, 5.41) is 9.01. The van der Waals surface area contributed by atoms with Crippen LogP contribution in [0.2, 0.25) is 0 Å². The van der Waals surface area contributed by atoms with E-state index in [1.807, 2.05) is 41.0 Å². The summed E-state index contributed by atoms with van der Waals surface area (Å²) in [4.78, 5) is 4.57. The monoisotopic (exact) mass is 366 g/mol. The molecule has 0 saturated heterocycles. The largest absolute Gasteiger partial charge is 0.330 e. The average molecular weight is 367 g/mol. The lowest BCUT2D eigenvalue weighted by molar-refractivity contribution is 0.617. The van der Waals surface area contributed by atoms with Gasteiger partial charge in [-0.3, -0.25) is 4.57 Å². The number of hydrogen-bond donors (Lipinski definition) is 1. The van der Waals surface area contributed by atoms with E-state index in [-0.39, 0.29) is 37.1 Å². The molecule has 126 valence electrons. The average Bonchev–Trinajstić information content (AvgIpc) is 2.90. The Morgan fingerprint density at radius 1 is 1.12 bits per heavy atom. The number of benzene rings is 2. The van der Waals surface area contributed by atoms with Gasteiger partial charge in [-0.25, -0.2) is 9.37 Å². The van der Waals surface area contributed by atoms with Crippen LogP contribution in [0.4, 0.5) is 4.39 Å². The molecule has 0 saturated carbocycles. The maximum atomic E-state index is 14.2. The molecule has 4 nitrogen and oxygen atoms in total. The minimum absolute atomic E-state index is 0. The van der Waals surface area contributed by atoms with Crippen LogP contribution in [-0.4, -0.2) is 16.1 Å². The summed E-state index contributed by atoms with van der Waals surface area (Å²) < 4.78 is 16.1. The molecule has 0 radical (unpaired) electrons. The number of nitrogens with zero attached hydrogens (tertiary/aromatic N) is 3. The Kier molecular flexibility index (Phi) is 7.18. The lowest BCUT2D eigenvalue weighted by Crippen LogP contribution is -2.09. The van der Waals surface area contributed by atoms with Gasteiger partial charge < -0.3 is 5.73 Å². The molecule has 0 spiro atoms. The zero-order valence-electron chi connectivity index (χ0n) is 12.8. The molecule has 2 N–H and O–H groups in total. The highest BCUT2D eigenvalue weighted by Gasteiger charge is 2.17. The van der Waals surface area contributed by atoms with Crippen LogP contribution in [0.5, 0.6) is 0 Å². The molecule has 3 aromatic rings. The number of imidazole rings is 1. The third-order valence-electron chi connectivity index (χ3n) is 3.57. The fourth-order valence-electron chi connectivity index (χ4n) is 2.66. The van der Waals surface area contributed by atoms with E-state index in [0.29, 0.717) is 29.6 Å². The molecule has 0 atom stereocenters. The van der Waals surface area contributed by atoms with Crippen LogP contribution >= 0.6 is 24.8 Å². The standard InChI is InChI=1S/C17H15FN4.2ClH/c18-14-6-7-15-17(13(14)8-10-19)22(16(21-15)9-11-20)12-4-2-1-3-5-12;;/h1-7H,8-9,11,20H2;2*1H. The van der Waals surface area contributed by atoms with Crippen molar-refractivity contribution in [3.63, 3.8) is 0 Å². The second kappa shape index (κ2) is 8.65. The highest BCUT2D eigenvalue weighted by Crippen LogP contribution is 2.27. The van der Waals surface area contributed by atoms with E-state index < -0.39 is 0 Å². The molecule has 0 unspecified atom stereocenters. The Bertz CT molecular complexity index is 856. The smallest absolute Gasteiger partial charge is 0.129 e. The first-order valence-corrected chi connectivity index (χ1v) is 7.07. The Labute approximate surface area is 151 Å². The van der Waals surface area contributed by atoms with Gasteiger partial charge in [0.05, 0.1) is 23.5 Å². The van der Waals surface area contributed by atoms with Crippen LogP contribution < -0.4 is 5.73 Å². The van der Waals surface area contributed by atoms with E-state index in [1.54, 1.807) is 6.07 Å². The van der Waals surface area contributed by atoms with Crippen molar-refractivity contribution < 1.29 is 4.39 Å². The van der Waals surface area contributed by atoms with E-state index >= 15 is 0 Å². The van der Waals surface area contributed by atoms with Crippen molar-refractivity contribution >= 4 is 35.8 Å². The van der Waals surface area contributed by atoms with Crippen molar-refractivity contribution in [1.29, 1.82) is 5.26 Å². The summed E-state index contributed by atoms with van der Waals surface area (Å²) in [5.41, 5.74) is 8.27. The summed E-state index contributed by atoms with van der Waals surface area (Å²) in [7, 11) is 0. The molecular weight excluding hydrogens is 350 g/mol. The fourth-order valence-corrected chi connectivity index (χ4v) is 2.66. The third kappa shape index (κ3) is 3.51. The molecule has 0 aliphatic heterocycles. The van der Waals surface area contributed by atoms with Crippen LogP contribution in [0.15, 0.2) is 42.5 Å². The predicted octanol–water partition coefficient (Wildman–Crippen LogP) is 3.58. The van der Waals surface area contributed by atoms with E-state index in [9.17, 15) is 4.39 Å². The van der Waals surface area contributed by atoms with Gasteiger partial charge >= 0.3 is 0 Å². The summed E-state index contributed by atoms with van der Waals surface area (Å²) in [5.74, 6) is 0.388.